The van der Waals surface area contributed by atoms with Gasteiger partial charge in [-0.2, -0.15) is 0 Å². The first kappa shape index (κ1) is 27.3. The van der Waals surface area contributed by atoms with Gasteiger partial charge in [0.2, 0.25) is 5.91 Å². The summed E-state index contributed by atoms with van der Waals surface area (Å²) in [6.45, 7) is 5.84. The van der Waals surface area contributed by atoms with Crippen molar-refractivity contribution in [2.75, 3.05) is 25.9 Å². The second-order valence-electron chi connectivity index (χ2n) is 10.7. The van der Waals surface area contributed by atoms with Crippen LogP contribution in [0.15, 0.2) is 34.1 Å². The molecular formula is C26H32N4O5S2. The number of carbonyl (C=O) groups is 5. The lowest BCUT2D eigenvalue weighted by Crippen LogP contribution is -2.54. The number of urea groups is 1. The molecule has 0 aromatic heterocycles. The Morgan fingerprint density at radius 1 is 1.16 bits per heavy atom. The van der Waals surface area contributed by atoms with E-state index in [1.165, 1.54) is 0 Å². The van der Waals surface area contributed by atoms with Crippen LogP contribution in [0.4, 0.5) is 9.59 Å². The molecule has 1 saturated carbocycles. The van der Waals surface area contributed by atoms with E-state index in [4.69, 9.17) is 0 Å². The minimum Gasteiger partial charge on any atom is -0.353 e. The van der Waals surface area contributed by atoms with Crippen LogP contribution in [0.25, 0.3) is 6.08 Å². The predicted molar refractivity (Wildman–Crippen MR) is 144 cm³/mol. The number of benzene rings is 1. The molecule has 9 nitrogen and oxygen atoms in total. The molecule has 1 spiro atoms. The molecule has 4 rings (SSSR count). The van der Waals surface area contributed by atoms with Gasteiger partial charge in [0.15, 0.2) is 0 Å². The highest BCUT2D eigenvalue weighted by Gasteiger charge is 2.56. The van der Waals surface area contributed by atoms with Crippen molar-refractivity contribution in [3.8, 4) is 0 Å². The molecule has 3 aliphatic rings. The van der Waals surface area contributed by atoms with Gasteiger partial charge in [-0.25, -0.2) is 4.79 Å². The molecule has 2 heterocycles. The molecule has 2 aliphatic heterocycles. The maximum atomic E-state index is 13.2. The zero-order chi connectivity index (χ0) is 27.0. The number of nitrogens with zero attached hydrogens (tertiary/aromatic N) is 2. The van der Waals surface area contributed by atoms with Crippen molar-refractivity contribution in [3.63, 3.8) is 0 Å². The molecule has 0 bridgehead atoms. The first-order chi connectivity index (χ1) is 17.4. The maximum Gasteiger partial charge on any atom is 0.325 e. The Kier molecular flexibility index (Phi) is 7.75. The van der Waals surface area contributed by atoms with Crippen LogP contribution < -0.4 is 10.6 Å². The average Bonchev–Trinajstić information content (AvgIpc) is 3.19. The van der Waals surface area contributed by atoms with E-state index in [0.717, 1.165) is 38.4 Å². The van der Waals surface area contributed by atoms with E-state index < -0.39 is 35.2 Å². The van der Waals surface area contributed by atoms with Gasteiger partial charge in [-0.3, -0.25) is 29.0 Å². The van der Waals surface area contributed by atoms with E-state index in [9.17, 15) is 24.0 Å². The summed E-state index contributed by atoms with van der Waals surface area (Å²) in [6, 6.07) is 7.09. The second-order valence-corrected chi connectivity index (χ2v) is 12.6. The lowest BCUT2D eigenvalue weighted by Gasteiger charge is -2.43. The number of imide groups is 2. The summed E-state index contributed by atoms with van der Waals surface area (Å²) in [5.74, 6) is -1.04. The Labute approximate surface area is 225 Å². The Morgan fingerprint density at radius 2 is 1.86 bits per heavy atom. The summed E-state index contributed by atoms with van der Waals surface area (Å²) in [7, 11) is 0. The molecule has 198 valence electrons. The van der Waals surface area contributed by atoms with Crippen molar-refractivity contribution in [1.29, 1.82) is 0 Å². The van der Waals surface area contributed by atoms with Gasteiger partial charge in [-0.1, -0.05) is 32.9 Å². The number of carbonyl (C=O) groups excluding carboxylic acids is 5. The van der Waals surface area contributed by atoms with Gasteiger partial charge in [-0.15, -0.1) is 11.8 Å². The molecule has 1 aliphatic carbocycles. The molecule has 11 heteroatoms. The molecule has 3 fully saturated rings. The molecule has 2 saturated heterocycles. The van der Waals surface area contributed by atoms with Crippen LogP contribution in [0.1, 0.15) is 45.6 Å². The number of amides is 6. The van der Waals surface area contributed by atoms with E-state index >= 15 is 0 Å². The van der Waals surface area contributed by atoms with Gasteiger partial charge in [0.1, 0.15) is 12.1 Å². The molecule has 1 aromatic rings. The van der Waals surface area contributed by atoms with Gasteiger partial charge in [-0.05, 0) is 72.4 Å². The van der Waals surface area contributed by atoms with E-state index in [1.807, 2.05) is 30.5 Å². The second kappa shape index (κ2) is 10.5. The van der Waals surface area contributed by atoms with E-state index in [-0.39, 0.29) is 30.3 Å². The summed E-state index contributed by atoms with van der Waals surface area (Å²) >= 11 is 2.47. The van der Waals surface area contributed by atoms with Crippen molar-refractivity contribution in [2.45, 2.75) is 50.5 Å². The average molecular weight is 545 g/mol. The lowest BCUT2D eigenvalue weighted by molar-refractivity contribution is -0.137. The standard InChI is InChI=1S/C26H32N4O5S2/c1-16-12-25(2,3)15-26(13-16)22(33)30(23(34)28-26)14-20(31)27-9-10-29-21(32)19(37-24(29)35)11-17-5-7-18(36-4)8-6-17/h5-8,11,16H,9-10,12-15H2,1-4H3,(H,27,31)(H,28,34)/b19-11+/t16-,26-/m0/s1. The summed E-state index contributed by atoms with van der Waals surface area (Å²) in [6.07, 6.45) is 5.69. The van der Waals surface area contributed by atoms with Crippen LogP contribution in [0.5, 0.6) is 0 Å². The molecule has 0 radical (unpaired) electrons. The van der Waals surface area contributed by atoms with Gasteiger partial charge >= 0.3 is 6.03 Å². The van der Waals surface area contributed by atoms with Gasteiger partial charge in [0.05, 0.1) is 4.91 Å². The smallest absolute Gasteiger partial charge is 0.325 e. The number of rotatable bonds is 7. The Balaban J connectivity index is 1.30. The molecule has 37 heavy (non-hydrogen) atoms. The van der Waals surface area contributed by atoms with E-state index in [1.54, 1.807) is 17.8 Å². The highest BCUT2D eigenvalue weighted by molar-refractivity contribution is 8.18. The van der Waals surface area contributed by atoms with Crippen molar-refractivity contribution in [1.82, 2.24) is 20.4 Å². The maximum absolute atomic E-state index is 13.2. The molecule has 0 unspecified atom stereocenters. The van der Waals surface area contributed by atoms with Crippen molar-refractivity contribution >= 4 is 58.6 Å². The predicted octanol–water partition coefficient (Wildman–Crippen LogP) is 3.70. The van der Waals surface area contributed by atoms with Crippen molar-refractivity contribution < 1.29 is 24.0 Å². The van der Waals surface area contributed by atoms with Crippen LogP contribution in [0, 0.1) is 11.3 Å². The minimum atomic E-state index is -0.970. The number of nitrogens with one attached hydrogen (secondary N) is 2. The number of thioether (sulfide) groups is 2. The fourth-order valence-corrected chi connectivity index (χ4v) is 6.97. The fraction of sp³-hybridized carbons (Fsp3) is 0.500. The van der Waals surface area contributed by atoms with Gasteiger partial charge < -0.3 is 10.6 Å². The first-order valence-electron chi connectivity index (χ1n) is 12.2. The van der Waals surface area contributed by atoms with Crippen molar-refractivity contribution in [3.05, 3.63) is 34.7 Å². The highest BCUT2D eigenvalue weighted by atomic mass is 32.2. The van der Waals surface area contributed by atoms with Crippen LogP contribution in [0.2, 0.25) is 0 Å². The minimum absolute atomic E-state index is 0.00502. The lowest BCUT2D eigenvalue weighted by atomic mass is 9.64. The van der Waals surface area contributed by atoms with Crippen LogP contribution in [-0.2, 0) is 14.4 Å². The Hall–Kier alpha value is -2.79. The summed E-state index contributed by atoms with van der Waals surface area (Å²) in [5.41, 5.74) is -0.252. The third-order valence-electron chi connectivity index (χ3n) is 6.87. The fourth-order valence-electron chi connectivity index (χ4n) is 5.70. The van der Waals surface area contributed by atoms with Crippen LogP contribution in [-0.4, -0.2) is 70.2 Å². The Morgan fingerprint density at radius 3 is 2.51 bits per heavy atom. The SMILES string of the molecule is CSc1ccc(/C=C2/SC(=O)N(CCNC(=O)CN3C(=O)N[C@]4(C[C@@H](C)CC(C)(C)C4)C3=O)C2=O)cc1. The topological polar surface area (TPSA) is 116 Å². The molecular weight excluding hydrogens is 512 g/mol. The summed E-state index contributed by atoms with van der Waals surface area (Å²) in [4.78, 5) is 67.0. The van der Waals surface area contributed by atoms with Gasteiger partial charge in [0, 0.05) is 18.0 Å². The van der Waals surface area contributed by atoms with Crippen LogP contribution in [0.3, 0.4) is 0 Å². The monoisotopic (exact) mass is 544 g/mol. The number of hydrogen-bond acceptors (Lipinski definition) is 7. The summed E-state index contributed by atoms with van der Waals surface area (Å²) < 4.78 is 0. The zero-order valence-electron chi connectivity index (χ0n) is 21.5. The normalized spacial score (nSPS) is 26.4. The van der Waals surface area contributed by atoms with Gasteiger partial charge in [0.25, 0.3) is 17.1 Å². The zero-order valence-corrected chi connectivity index (χ0v) is 23.1. The quantitative estimate of drug-likeness (QED) is 0.306. The number of hydrogen-bond donors (Lipinski definition) is 2. The van der Waals surface area contributed by atoms with Crippen LogP contribution >= 0.6 is 23.5 Å². The third kappa shape index (κ3) is 5.87. The van der Waals surface area contributed by atoms with E-state index in [2.05, 4.69) is 31.4 Å². The third-order valence-corrected chi connectivity index (χ3v) is 8.52. The Bertz CT molecular complexity index is 1170. The largest absolute Gasteiger partial charge is 0.353 e. The molecule has 2 N–H and O–H groups in total. The first-order valence-corrected chi connectivity index (χ1v) is 14.3. The highest BCUT2D eigenvalue weighted by Crippen LogP contribution is 2.46. The van der Waals surface area contributed by atoms with E-state index in [0.29, 0.717) is 17.7 Å². The summed E-state index contributed by atoms with van der Waals surface area (Å²) in [5, 5.41) is 5.07. The van der Waals surface area contributed by atoms with Crippen molar-refractivity contribution in [2.24, 2.45) is 11.3 Å². The molecule has 6 amide bonds. The molecule has 2 atom stereocenters. The molecule has 1 aromatic carbocycles.